The van der Waals surface area contributed by atoms with Gasteiger partial charge in [-0.3, -0.25) is 15.5 Å². The van der Waals surface area contributed by atoms with Crippen LogP contribution in [-0.4, -0.2) is 27.6 Å². The molecule has 0 saturated heterocycles. The minimum absolute atomic E-state index is 0.0257. The Hall–Kier alpha value is -4.87. The number of benzene rings is 3. The number of ether oxygens (including phenoxy) is 1. The number of thiophene rings is 1. The number of nitrogens with two attached hydrogens (primary N) is 2. The van der Waals surface area contributed by atoms with Crippen LogP contribution in [0.3, 0.4) is 0 Å². The summed E-state index contributed by atoms with van der Waals surface area (Å²) >= 11 is 1.68. The van der Waals surface area contributed by atoms with Gasteiger partial charge in [-0.15, -0.1) is 5.10 Å². The molecule has 0 atom stereocenters. The van der Waals surface area contributed by atoms with E-state index in [0.29, 0.717) is 18.7 Å². The van der Waals surface area contributed by atoms with Crippen molar-refractivity contribution in [2.24, 2.45) is 28.8 Å². The standard InChI is InChI=1S/C30H32N8O2S/c1-3-15-40-25-12-13-26-27(17-25)37(2)30(33-24-10-8-21(9-11-24)23-14-16-41-19-23)38(26)18-20-4-6-22(7-5-20)28(39)34-29(35-31)36-32/h4-14,16-17,19H,3,15,18,31-32H2,1-2H3,(H2,34,35,36,39). The number of hydrazine groups is 1. The van der Waals surface area contributed by atoms with E-state index in [1.165, 1.54) is 5.56 Å². The number of aromatic nitrogens is 2. The smallest absolute Gasteiger partial charge is 0.258 e. The van der Waals surface area contributed by atoms with Gasteiger partial charge in [0, 0.05) is 18.7 Å². The van der Waals surface area contributed by atoms with E-state index in [9.17, 15) is 4.79 Å². The quantitative estimate of drug-likeness (QED) is 0.0963. The number of hydrazone groups is 1. The molecule has 0 spiro atoms. The predicted molar refractivity (Wildman–Crippen MR) is 164 cm³/mol. The average molecular weight is 569 g/mol. The lowest BCUT2D eigenvalue weighted by atomic mass is 10.1. The third-order valence-corrected chi connectivity index (χ3v) is 7.30. The van der Waals surface area contributed by atoms with E-state index >= 15 is 0 Å². The molecule has 0 aliphatic rings. The number of amides is 1. The Balaban J connectivity index is 1.52. The van der Waals surface area contributed by atoms with Crippen molar-refractivity contribution in [1.82, 2.24) is 19.9 Å². The summed E-state index contributed by atoms with van der Waals surface area (Å²) in [6.45, 7) is 3.29. The van der Waals surface area contributed by atoms with Crippen molar-refractivity contribution >= 4 is 39.9 Å². The lowest BCUT2D eigenvalue weighted by Crippen LogP contribution is -2.45. The number of imidazole rings is 1. The number of nitrogens with zero attached hydrogens (tertiary/aromatic N) is 4. The Bertz CT molecular complexity index is 1730. The van der Waals surface area contributed by atoms with Gasteiger partial charge < -0.3 is 19.7 Å². The Morgan fingerprint density at radius 1 is 1.00 bits per heavy atom. The van der Waals surface area contributed by atoms with Crippen molar-refractivity contribution < 1.29 is 9.53 Å². The molecule has 5 aromatic rings. The molecule has 6 N–H and O–H groups in total. The SMILES string of the molecule is CCCOc1ccc2c(c1)n(C)c(=Nc1ccc(-c3ccsc3)cc1)n2Cc1ccc(C(=O)N/C(=N/N)NN)cc1. The molecule has 10 nitrogen and oxygen atoms in total. The second-order valence-corrected chi connectivity index (χ2v) is 10.2. The highest BCUT2D eigenvalue weighted by molar-refractivity contribution is 7.08. The monoisotopic (exact) mass is 568 g/mol. The van der Waals surface area contributed by atoms with Crippen LogP contribution in [0.25, 0.3) is 22.2 Å². The van der Waals surface area contributed by atoms with Crippen molar-refractivity contribution in [2.75, 3.05) is 6.61 Å². The molecular weight excluding hydrogens is 536 g/mol. The number of fused-ring (bicyclic) bond motifs is 1. The minimum Gasteiger partial charge on any atom is -0.494 e. The first-order valence-corrected chi connectivity index (χ1v) is 14.1. The number of aryl methyl sites for hydroxylation is 1. The van der Waals surface area contributed by atoms with Crippen LogP contribution in [0.5, 0.6) is 5.75 Å². The first-order chi connectivity index (χ1) is 20.0. The van der Waals surface area contributed by atoms with Crippen LogP contribution in [0.2, 0.25) is 0 Å². The zero-order valence-corrected chi connectivity index (χ0v) is 23.7. The molecule has 0 bridgehead atoms. The van der Waals surface area contributed by atoms with E-state index in [4.69, 9.17) is 21.4 Å². The maximum absolute atomic E-state index is 12.5. The van der Waals surface area contributed by atoms with Gasteiger partial charge in [0.2, 0.25) is 11.6 Å². The molecule has 0 unspecified atom stereocenters. The van der Waals surface area contributed by atoms with Crippen LogP contribution in [0.1, 0.15) is 29.3 Å². The number of hydrogen-bond acceptors (Lipinski definition) is 7. The lowest BCUT2D eigenvalue weighted by Gasteiger charge is -2.09. The molecule has 0 aliphatic carbocycles. The molecule has 2 aromatic heterocycles. The Morgan fingerprint density at radius 2 is 1.78 bits per heavy atom. The number of guanidine groups is 1. The topological polar surface area (TPSA) is 137 Å². The molecule has 3 aromatic carbocycles. The van der Waals surface area contributed by atoms with Crippen LogP contribution < -0.4 is 32.8 Å². The molecule has 41 heavy (non-hydrogen) atoms. The highest BCUT2D eigenvalue weighted by Crippen LogP contribution is 2.25. The normalized spacial score (nSPS) is 12.1. The Labute approximate surface area is 241 Å². The summed E-state index contributed by atoms with van der Waals surface area (Å²) in [5.41, 5.74) is 9.70. The number of nitrogens with one attached hydrogen (secondary N) is 2. The van der Waals surface area contributed by atoms with Crippen LogP contribution >= 0.6 is 11.3 Å². The van der Waals surface area contributed by atoms with Gasteiger partial charge in [0.15, 0.2) is 0 Å². The van der Waals surface area contributed by atoms with E-state index in [1.54, 1.807) is 23.5 Å². The van der Waals surface area contributed by atoms with E-state index < -0.39 is 0 Å². The largest absolute Gasteiger partial charge is 0.494 e. The number of carbonyl (C=O) groups is 1. The fraction of sp³-hybridized carbons (Fsp3) is 0.167. The Kier molecular flexibility index (Phi) is 8.47. The highest BCUT2D eigenvalue weighted by atomic mass is 32.1. The number of rotatable bonds is 8. The molecule has 1 amide bonds. The van der Waals surface area contributed by atoms with Crippen LogP contribution in [0.4, 0.5) is 5.69 Å². The average Bonchev–Trinajstić information content (AvgIpc) is 3.63. The fourth-order valence-corrected chi connectivity index (χ4v) is 5.16. The Morgan fingerprint density at radius 3 is 2.44 bits per heavy atom. The molecule has 11 heteroatoms. The molecule has 0 radical (unpaired) electrons. The van der Waals surface area contributed by atoms with Crippen molar-refractivity contribution in [3.05, 3.63) is 100 Å². The highest BCUT2D eigenvalue weighted by Gasteiger charge is 2.13. The molecule has 5 rings (SSSR count). The maximum Gasteiger partial charge on any atom is 0.258 e. The van der Waals surface area contributed by atoms with Crippen LogP contribution in [0.15, 0.2) is 93.7 Å². The van der Waals surface area contributed by atoms with Crippen molar-refractivity contribution in [3.63, 3.8) is 0 Å². The fourth-order valence-electron chi connectivity index (χ4n) is 4.50. The maximum atomic E-state index is 12.5. The predicted octanol–water partition coefficient (Wildman–Crippen LogP) is 4.20. The molecule has 210 valence electrons. The third kappa shape index (κ3) is 6.16. The van der Waals surface area contributed by atoms with Gasteiger partial charge in [0.1, 0.15) is 5.75 Å². The van der Waals surface area contributed by atoms with Crippen LogP contribution in [0, 0.1) is 0 Å². The minimum atomic E-state index is -0.377. The zero-order chi connectivity index (χ0) is 28.8. The van der Waals surface area contributed by atoms with Gasteiger partial charge in [0.25, 0.3) is 5.91 Å². The molecule has 0 fully saturated rings. The van der Waals surface area contributed by atoms with Gasteiger partial charge in [-0.25, -0.2) is 10.8 Å². The summed E-state index contributed by atoms with van der Waals surface area (Å²) in [6.07, 6.45) is 0.935. The van der Waals surface area contributed by atoms with Crippen molar-refractivity contribution in [2.45, 2.75) is 19.9 Å². The van der Waals surface area contributed by atoms with Gasteiger partial charge in [-0.2, -0.15) is 11.3 Å². The van der Waals surface area contributed by atoms with Gasteiger partial charge in [-0.05, 0) is 76.3 Å². The summed E-state index contributed by atoms with van der Waals surface area (Å²) in [4.78, 5) is 17.6. The van der Waals surface area contributed by atoms with Gasteiger partial charge in [-0.1, -0.05) is 31.2 Å². The van der Waals surface area contributed by atoms with E-state index in [0.717, 1.165) is 45.6 Å². The second-order valence-electron chi connectivity index (χ2n) is 9.39. The number of carbonyl (C=O) groups excluding carboxylic acids is 1. The summed E-state index contributed by atoms with van der Waals surface area (Å²) in [5.74, 6) is 10.9. The van der Waals surface area contributed by atoms with Gasteiger partial charge >= 0.3 is 0 Å². The zero-order valence-electron chi connectivity index (χ0n) is 22.9. The molecular formula is C30H32N8O2S. The lowest BCUT2D eigenvalue weighted by molar-refractivity contribution is 0.0975. The molecule has 0 saturated carbocycles. The second kappa shape index (κ2) is 12.5. The van der Waals surface area contributed by atoms with E-state index in [1.807, 2.05) is 37.4 Å². The van der Waals surface area contributed by atoms with Gasteiger partial charge in [0.05, 0.1) is 29.9 Å². The molecule has 2 heterocycles. The van der Waals surface area contributed by atoms with E-state index in [-0.39, 0.29) is 11.9 Å². The van der Waals surface area contributed by atoms with E-state index in [2.05, 4.69) is 73.0 Å². The van der Waals surface area contributed by atoms with Crippen LogP contribution in [-0.2, 0) is 13.6 Å². The first-order valence-electron chi connectivity index (χ1n) is 13.1. The number of hydrogen-bond donors (Lipinski definition) is 4. The molecule has 0 aliphatic heterocycles. The summed E-state index contributed by atoms with van der Waals surface area (Å²) in [7, 11) is 2.01. The van der Waals surface area contributed by atoms with Crippen molar-refractivity contribution in [1.29, 1.82) is 0 Å². The summed E-state index contributed by atoms with van der Waals surface area (Å²) in [6, 6.07) is 23.8. The summed E-state index contributed by atoms with van der Waals surface area (Å²) < 4.78 is 10.2. The summed E-state index contributed by atoms with van der Waals surface area (Å²) in [5, 5.41) is 10.1. The third-order valence-electron chi connectivity index (χ3n) is 6.62. The van der Waals surface area contributed by atoms with Crippen molar-refractivity contribution in [3.8, 4) is 16.9 Å². The first kappa shape index (κ1) is 27.7.